The van der Waals surface area contributed by atoms with E-state index in [0.29, 0.717) is 12.1 Å². The van der Waals surface area contributed by atoms with Crippen LogP contribution in [0.1, 0.15) is 26.3 Å². The summed E-state index contributed by atoms with van der Waals surface area (Å²) in [5, 5.41) is 18.6. The molecule has 0 amide bonds. The summed E-state index contributed by atoms with van der Waals surface area (Å²) < 4.78 is 80.8. The number of halogens is 6. The molecule has 0 saturated carbocycles. The third-order valence-corrected chi connectivity index (χ3v) is 3.64. The van der Waals surface area contributed by atoms with Gasteiger partial charge in [-0.1, -0.05) is 6.07 Å². The molecule has 0 aliphatic rings. The van der Waals surface area contributed by atoms with Gasteiger partial charge in [0.05, 0.1) is 5.56 Å². The summed E-state index contributed by atoms with van der Waals surface area (Å²) in [5.41, 5.74) is -1.34. The van der Waals surface area contributed by atoms with E-state index in [2.05, 4.69) is 4.74 Å². The number of aromatic amines is 1. The van der Waals surface area contributed by atoms with Crippen molar-refractivity contribution >= 4 is 17.8 Å². The highest BCUT2D eigenvalue weighted by Crippen LogP contribution is 2.40. The third-order valence-electron chi connectivity index (χ3n) is 3.64. The average molecular weight is 440 g/mol. The number of hydrogen-bond acceptors (Lipinski definition) is 5. The Balaban J connectivity index is 2.86. The highest BCUT2D eigenvalue weighted by molar-refractivity contribution is 6.07. The zero-order valence-corrected chi connectivity index (χ0v) is 14.3. The molecule has 1 heterocycles. The van der Waals surface area contributed by atoms with Gasteiger partial charge in [-0.05, 0) is 17.7 Å². The van der Waals surface area contributed by atoms with Crippen molar-refractivity contribution in [1.29, 1.82) is 0 Å². The van der Waals surface area contributed by atoms with Gasteiger partial charge in [0.1, 0.15) is 22.7 Å². The maximum Gasteiger partial charge on any atom is 0.422 e. The molecule has 0 unspecified atom stereocenters. The van der Waals surface area contributed by atoms with Crippen LogP contribution in [0.15, 0.2) is 23.0 Å². The van der Waals surface area contributed by atoms with Gasteiger partial charge in [-0.25, -0.2) is 9.59 Å². The van der Waals surface area contributed by atoms with Crippen LogP contribution in [0.5, 0.6) is 5.75 Å². The van der Waals surface area contributed by atoms with Gasteiger partial charge >= 0.3 is 24.3 Å². The smallest absolute Gasteiger partial charge is 0.422 e. The Bertz CT molecular complexity index is 1070. The van der Waals surface area contributed by atoms with Gasteiger partial charge in [0.15, 0.2) is 6.61 Å². The van der Waals surface area contributed by atoms with Crippen LogP contribution in [0.3, 0.4) is 0 Å². The summed E-state index contributed by atoms with van der Waals surface area (Å²) in [5.74, 6) is -5.97. The van der Waals surface area contributed by atoms with Crippen molar-refractivity contribution in [1.82, 2.24) is 4.98 Å². The van der Waals surface area contributed by atoms with E-state index >= 15 is 0 Å². The quantitative estimate of drug-likeness (QED) is 0.524. The second-order valence-corrected chi connectivity index (χ2v) is 5.72. The maximum atomic E-state index is 13.1. The predicted octanol–water partition coefficient (Wildman–Crippen LogP) is 2.98. The van der Waals surface area contributed by atoms with Crippen molar-refractivity contribution in [3.63, 3.8) is 0 Å². The largest absolute Gasteiger partial charge is 0.483 e. The predicted molar refractivity (Wildman–Crippen MR) is 87.4 cm³/mol. The summed E-state index contributed by atoms with van der Waals surface area (Å²) in [6.45, 7) is -2.12. The molecule has 2 aromatic rings. The molecule has 8 nitrogen and oxygen atoms in total. The Morgan fingerprint density at radius 2 is 1.60 bits per heavy atom. The lowest BCUT2D eigenvalue weighted by atomic mass is 9.94. The summed E-state index contributed by atoms with van der Waals surface area (Å²) in [6, 6.07) is 1.19. The number of carboxylic acid groups (broad SMARTS) is 2. The van der Waals surface area contributed by atoms with Gasteiger partial charge in [-0.2, -0.15) is 26.3 Å². The number of carbonyl (C=O) groups is 2. The number of benzene rings is 1. The van der Waals surface area contributed by atoms with E-state index in [1.807, 2.05) is 0 Å². The highest BCUT2D eigenvalue weighted by atomic mass is 19.4. The molecule has 2 rings (SSSR count). The molecule has 0 atom stereocenters. The molecule has 162 valence electrons. The van der Waals surface area contributed by atoms with Gasteiger partial charge < -0.3 is 25.7 Å². The van der Waals surface area contributed by atoms with Crippen molar-refractivity contribution < 1.29 is 50.9 Å². The Hall–Kier alpha value is -3.71. The molecule has 30 heavy (non-hydrogen) atoms. The van der Waals surface area contributed by atoms with E-state index in [9.17, 15) is 50.9 Å². The number of ether oxygens (including phenoxy) is 1. The zero-order valence-electron chi connectivity index (χ0n) is 14.3. The monoisotopic (exact) mass is 440 g/mol. The van der Waals surface area contributed by atoms with Crippen LogP contribution in [0, 0.1) is 0 Å². The lowest BCUT2D eigenvalue weighted by Crippen LogP contribution is -2.24. The van der Waals surface area contributed by atoms with E-state index in [1.54, 1.807) is 4.98 Å². The molecule has 0 spiro atoms. The lowest BCUT2D eigenvalue weighted by molar-refractivity contribution is -0.158. The Kier molecular flexibility index (Phi) is 5.72. The molecule has 0 aliphatic carbocycles. The molecule has 0 fully saturated rings. The summed E-state index contributed by atoms with van der Waals surface area (Å²) in [4.78, 5) is 36.7. The van der Waals surface area contributed by atoms with Gasteiger partial charge in [0.25, 0.3) is 5.56 Å². The number of H-pyrrole nitrogens is 1. The van der Waals surface area contributed by atoms with E-state index in [4.69, 9.17) is 5.73 Å². The summed E-state index contributed by atoms with van der Waals surface area (Å²) >= 11 is 0. The maximum absolute atomic E-state index is 13.1. The Labute approximate surface area is 161 Å². The molecule has 1 aromatic carbocycles. The minimum atomic E-state index is -5.15. The van der Waals surface area contributed by atoms with Crippen LogP contribution >= 0.6 is 0 Å². The fraction of sp³-hybridized carbons (Fsp3) is 0.188. The number of aromatic nitrogens is 1. The van der Waals surface area contributed by atoms with Gasteiger partial charge in [-0.15, -0.1) is 0 Å². The molecule has 1 aromatic heterocycles. The third kappa shape index (κ3) is 4.64. The first-order valence-electron chi connectivity index (χ1n) is 7.57. The molecule has 0 aliphatic heterocycles. The van der Waals surface area contributed by atoms with Crippen molar-refractivity contribution in [2.24, 2.45) is 0 Å². The number of alkyl halides is 6. The normalized spacial score (nSPS) is 11.9. The van der Waals surface area contributed by atoms with Gasteiger partial charge in [0.2, 0.25) is 0 Å². The fourth-order valence-electron chi connectivity index (χ4n) is 2.53. The number of aromatic carboxylic acids is 2. The number of rotatable bonds is 5. The number of nitrogens with one attached hydrogen (secondary N) is 1. The number of carboxylic acids is 2. The second kappa shape index (κ2) is 7.61. The molecular weight excluding hydrogens is 430 g/mol. The standard InChI is InChI=1S/C16H10F6N2O6/c17-15(18,19)4-30-7-3-5(1-2-6(7)16(20,21)22)8-9(13(26)27)11(23)24-12(25)10(8)14(28)29/h1-3H,4H2,(H,26,27)(H,28,29)(H3,23,24,25). The minimum Gasteiger partial charge on any atom is -0.483 e. The number of nitrogens with two attached hydrogens (primary N) is 1. The van der Waals surface area contributed by atoms with E-state index < -0.39 is 75.8 Å². The van der Waals surface area contributed by atoms with Crippen LogP contribution in [-0.4, -0.2) is 39.9 Å². The van der Waals surface area contributed by atoms with Gasteiger partial charge in [-0.3, -0.25) is 4.79 Å². The highest BCUT2D eigenvalue weighted by Gasteiger charge is 2.37. The zero-order chi connectivity index (χ0) is 23.0. The van der Waals surface area contributed by atoms with Crippen molar-refractivity contribution in [2.45, 2.75) is 12.4 Å². The number of nitrogen functional groups attached to an aromatic ring is 1. The van der Waals surface area contributed by atoms with Crippen LogP contribution in [-0.2, 0) is 6.18 Å². The van der Waals surface area contributed by atoms with Crippen LogP contribution in [0.25, 0.3) is 11.1 Å². The number of pyridine rings is 1. The Morgan fingerprint density at radius 1 is 1.03 bits per heavy atom. The summed E-state index contributed by atoms with van der Waals surface area (Å²) in [7, 11) is 0. The summed E-state index contributed by atoms with van der Waals surface area (Å²) in [6.07, 6.45) is -10.2. The second-order valence-electron chi connectivity index (χ2n) is 5.72. The molecule has 0 bridgehead atoms. The van der Waals surface area contributed by atoms with Crippen LogP contribution < -0.4 is 16.0 Å². The first-order chi connectivity index (χ1) is 13.6. The van der Waals surface area contributed by atoms with Gasteiger partial charge in [0, 0.05) is 5.56 Å². The van der Waals surface area contributed by atoms with E-state index in [0.717, 1.165) is 0 Å². The average Bonchev–Trinajstić information content (AvgIpc) is 2.56. The number of anilines is 1. The first-order valence-corrected chi connectivity index (χ1v) is 7.57. The Morgan fingerprint density at radius 3 is 2.07 bits per heavy atom. The van der Waals surface area contributed by atoms with Crippen LogP contribution in [0.2, 0.25) is 0 Å². The first kappa shape index (κ1) is 22.6. The fourth-order valence-corrected chi connectivity index (χ4v) is 2.53. The molecule has 0 saturated heterocycles. The van der Waals surface area contributed by atoms with Crippen LogP contribution in [0.4, 0.5) is 32.2 Å². The van der Waals surface area contributed by atoms with Crippen molar-refractivity contribution in [3.8, 4) is 16.9 Å². The molecular formula is C16H10F6N2O6. The molecule has 0 radical (unpaired) electrons. The minimum absolute atomic E-state index is 0.260. The number of hydrogen-bond donors (Lipinski definition) is 4. The van der Waals surface area contributed by atoms with Crippen molar-refractivity contribution in [3.05, 3.63) is 45.2 Å². The molecule has 5 N–H and O–H groups in total. The van der Waals surface area contributed by atoms with E-state index in [1.165, 1.54) is 0 Å². The van der Waals surface area contributed by atoms with Crippen molar-refractivity contribution in [2.75, 3.05) is 12.3 Å². The van der Waals surface area contributed by atoms with E-state index in [-0.39, 0.29) is 6.07 Å². The topological polar surface area (TPSA) is 143 Å². The molecule has 14 heteroatoms. The lowest BCUT2D eigenvalue weighted by Gasteiger charge is -2.18. The SMILES string of the molecule is Nc1[nH]c(=O)c(C(=O)O)c(-c2ccc(C(F)(F)F)c(OCC(F)(F)F)c2)c1C(=O)O.